The molecule has 0 spiro atoms. The third kappa shape index (κ3) is 4.59. The minimum atomic E-state index is -4.70. The second-order valence-electron chi connectivity index (χ2n) is 4.31. The van der Waals surface area contributed by atoms with Crippen LogP contribution in [-0.2, 0) is 11.0 Å². The van der Waals surface area contributed by atoms with E-state index in [1.54, 1.807) is 6.92 Å². The molecule has 1 unspecified atom stereocenters. The van der Waals surface area contributed by atoms with Gasteiger partial charge in [0.2, 0.25) is 0 Å². The van der Waals surface area contributed by atoms with Crippen molar-refractivity contribution in [3.8, 4) is 5.75 Å². The van der Waals surface area contributed by atoms with E-state index in [1.165, 1.54) is 6.07 Å². The first-order valence-corrected chi connectivity index (χ1v) is 6.48. The Bertz CT molecular complexity index is 546. The van der Waals surface area contributed by atoms with Crippen molar-refractivity contribution in [3.63, 3.8) is 0 Å². The fourth-order valence-electron chi connectivity index (χ4n) is 1.66. The van der Waals surface area contributed by atoms with Gasteiger partial charge in [0.1, 0.15) is 10.7 Å². The number of carboxylic acids is 1. The number of ether oxygens (including phenoxy) is 1. The number of aliphatic carboxylic acids is 1. The van der Waals surface area contributed by atoms with E-state index >= 15 is 0 Å². The van der Waals surface area contributed by atoms with E-state index in [9.17, 15) is 18.0 Å². The number of rotatable bonds is 6. The van der Waals surface area contributed by atoms with Crippen molar-refractivity contribution in [3.05, 3.63) is 29.3 Å². The summed E-state index contributed by atoms with van der Waals surface area (Å²) in [5, 5.41) is 8.96. The average Bonchev–Trinajstić information content (AvgIpc) is 2.36. The highest BCUT2D eigenvalue weighted by Crippen LogP contribution is 2.37. The Kier molecular flexibility index (Phi) is 5.54. The van der Waals surface area contributed by atoms with E-state index in [2.05, 4.69) is 12.2 Å². The van der Waals surface area contributed by atoms with E-state index in [0.29, 0.717) is 6.42 Å². The molecule has 116 valence electrons. The van der Waals surface area contributed by atoms with Crippen molar-refractivity contribution in [2.75, 3.05) is 0 Å². The average molecular weight is 321 g/mol. The van der Waals surface area contributed by atoms with Gasteiger partial charge in [-0.05, 0) is 24.6 Å². The van der Waals surface area contributed by atoms with Gasteiger partial charge in [-0.1, -0.05) is 25.6 Å². The molecule has 1 atom stereocenters. The van der Waals surface area contributed by atoms with Crippen molar-refractivity contribution < 1.29 is 27.8 Å². The predicted octanol–water partition coefficient (Wildman–Crippen LogP) is 2.97. The highest BCUT2D eigenvalue weighted by Gasteiger charge is 2.36. The molecule has 0 aliphatic rings. The lowest BCUT2D eigenvalue weighted by atomic mass is 10.1. The van der Waals surface area contributed by atoms with Crippen LogP contribution < -0.4 is 10.5 Å². The van der Waals surface area contributed by atoms with Crippen LogP contribution in [0.3, 0.4) is 0 Å². The first-order valence-electron chi connectivity index (χ1n) is 6.07. The van der Waals surface area contributed by atoms with Crippen molar-refractivity contribution in [1.29, 1.82) is 0 Å². The third-order valence-corrected chi connectivity index (χ3v) is 2.90. The second-order valence-corrected chi connectivity index (χ2v) is 4.75. The molecule has 1 rings (SSSR count). The quantitative estimate of drug-likeness (QED) is 0.788. The molecule has 21 heavy (non-hydrogen) atoms. The molecule has 0 saturated heterocycles. The van der Waals surface area contributed by atoms with Crippen molar-refractivity contribution >= 4 is 23.2 Å². The molecular weight excluding hydrogens is 307 g/mol. The van der Waals surface area contributed by atoms with Crippen LogP contribution in [0, 0.1) is 0 Å². The topological polar surface area (TPSA) is 72.5 Å². The fourth-order valence-corrected chi connectivity index (χ4v) is 1.78. The van der Waals surface area contributed by atoms with Crippen LogP contribution in [0.25, 0.3) is 0 Å². The Morgan fingerprint density at radius 3 is 2.52 bits per heavy atom. The van der Waals surface area contributed by atoms with Gasteiger partial charge in [0.05, 0.1) is 5.56 Å². The number of thiocarbonyl (C=S) groups is 1. The molecule has 0 fully saturated rings. The first-order chi connectivity index (χ1) is 9.66. The summed E-state index contributed by atoms with van der Waals surface area (Å²) in [5.41, 5.74) is 4.23. The number of hydrogen-bond acceptors (Lipinski definition) is 3. The van der Waals surface area contributed by atoms with Crippen LogP contribution in [0.5, 0.6) is 5.75 Å². The normalized spacial score (nSPS) is 12.8. The SMILES string of the molecule is CCCC(Oc1ccc(C(N)=S)cc1C(F)(F)F)C(=O)O. The summed E-state index contributed by atoms with van der Waals surface area (Å²) in [6.07, 6.45) is -5.48. The van der Waals surface area contributed by atoms with Crippen LogP contribution in [0.15, 0.2) is 18.2 Å². The lowest BCUT2D eigenvalue weighted by molar-refractivity contribution is -0.148. The van der Waals surface area contributed by atoms with E-state index in [4.69, 9.17) is 15.6 Å². The monoisotopic (exact) mass is 321 g/mol. The van der Waals surface area contributed by atoms with Crippen LogP contribution in [-0.4, -0.2) is 22.2 Å². The molecular formula is C13H14F3NO3S. The number of halogens is 3. The second kappa shape index (κ2) is 6.75. The van der Waals surface area contributed by atoms with Crippen molar-refractivity contribution in [2.45, 2.75) is 32.0 Å². The number of benzene rings is 1. The molecule has 0 amide bonds. The number of carbonyl (C=O) groups is 1. The van der Waals surface area contributed by atoms with Gasteiger partial charge in [-0.25, -0.2) is 4.79 Å². The molecule has 0 saturated carbocycles. The van der Waals surface area contributed by atoms with Crippen molar-refractivity contribution in [1.82, 2.24) is 0 Å². The van der Waals surface area contributed by atoms with Gasteiger partial charge >= 0.3 is 12.1 Å². The lowest BCUT2D eigenvalue weighted by Crippen LogP contribution is -2.28. The molecule has 0 heterocycles. The Morgan fingerprint density at radius 1 is 1.48 bits per heavy atom. The Morgan fingerprint density at radius 2 is 2.10 bits per heavy atom. The van der Waals surface area contributed by atoms with E-state index < -0.39 is 29.6 Å². The van der Waals surface area contributed by atoms with Crippen LogP contribution >= 0.6 is 12.2 Å². The van der Waals surface area contributed by atoms with Crippen LogP contribution in [0.4, 0.5) is 13.2 Å². The van der Waals surface area contributed by atoms with Gasteiger partial charge < -0.3 is 15.6 Å². The third-order valence-electron chi connectivity index (χ3n) is 2.67. The van der Waals surface area contributed by atoms with Gasteiger partial charge in [-0.3, -0.25) is 0 Å². The number of alkyl halides is 3. The van der Waals surface area contributed by atoms with Gasteiger partial charge in [-0.15, -0.1) is 0 Å². The molecule has 4 nitrogen and oxygen atoms in total. The standard InChI is InChI=1S/C13H14F3NO3S/c1-2-3-10(12(18)19)20-9-5-4-7(11(17)21)6-8(9)13(14,15)16/h4-6,10H,2-3H2,1H3,(H2,17,21)(H,18,19). The number of carboxylic acid groups (broad SMARTS) is 1. The number of hydrogen-bond donors (Lipinski definition) is 2. The molecule has 0 aliphatic carbocycles. The molecule has 0 aromatic heterocycles. The Hall–Kier alpha value is -1.83. The van der Waals surface area contributed by atoms with Crippen LogP contribution in [0.2, 0.25) is 0 Å². The molecule has 0 radical (unpaired) electrons. The van der Waals surface area contributed by atoms with Crippen molar-refractivity contribution in [2.24, 2.45) is 5.73 Å². The number of nitrogens with two attached hydrogens (primary N) is 1. The summed E-state index contributed by atoms with van der Waals surface area (Å²) in [4.78, 5) is 10.8. The maximum atomic E-state index is 13.0. The predicted molar refractivity (Wildman–Crippen MR) is 74.3 cm³/mol. The van der Waals surface area contributed by atoms with Gasteiger partial charge in [0.15, 0.2) is 6.10 Å². The molecule has 0 aliphatic heterocycles. The Labute approximate surface area is 124 Å². The molecule has 1 aromatic rings. The minimum absolute atomic E-state index is 0.0343. The first kappa shape index (κ1) is 17.2. The smallest absolute Gasteiger partial charge is 0.419 e. The fraction of sp³-hybridized carbons (Fsp3) is 0.385. The maximum absolute atomic E-state index is 13.0. The molecule has 1 aromatic carbocycles. The summed E-state index contributed by atoms with van der Waals surface area (Å²) < 4.78 is 44.1. The Balaban J connectivity index is 3.22. The maximum Gasteiger partial charge on any atom is 0.419 e. The lowest BCUT2D eigenvalue weighted by Gasteiger charge is -2.19. The summed E-state index contributed by atoms with van der Waals surface area (Å²) in [5.74, 6) is -1.87. The molecule has 8 heteroatoms. The molecule has 0 bridgehead atoms. The minimum Gasteiger partial charge on any atom is -0.479 e. The van der Waals surface area contributed by atoms with E-state index in [1.807, 2.05) is 0 Å². The highest BCUT2D eigenvalue weighted by atomic mass is 32.1. The molecule has 3 N–H and O–H groups in total. The van der Waals surface area contributed by atoms with Crippen LogP contribution in [0.1, 0.15) is 30.9 Å². The van der Waals surface area contributed by atoms with Gasteiger partial charge in [-0.2, -0.15) is 13.2 Å². The van der Waals surface area contributed by atoms with E-state index in [0.717, 1.165) is 12.1 Å². The van der Waals surface area contributed by atoms with Gasteiger partial charge in [0, 0.05) is 5.56 Å². The largest absolute Gasteiger partial charge is 0.479 e. The van der Waals surface area contributed by atoms with Gasteiger partial charge in [0.25, 0.3) is 0 Å². The highest BCUT2D eigenvalue weighted by molar-refractivity contribution is 7.80. The zero-order valence-corrected chi connectivity index (χ0v) is 11.9. The van der Waals surface area contributed by atoms with E-state index in [-0.39, 0.29) is 17.0 Å². The zero-order valence-electron chi connectivity index (χ0n) is 11.1. The summed E-state index contributed by atoms with van der Waals surface area (Å²) >= 11 is 4.63. The summed E-state index contributed by atoms with van der Waals surface area (Å²) in [6, 6.07) is 3.04. The zero-order chi connectivity index (χ0) is 16.2. The summed E-state index contributed by atoms with van der Waals surface area (Å²) in [7, 11) is 0. The summed E-state index contributed by atoms with van der Waals surface area (Å²) in [6.45, 7) is 1.71.